The minimum absolute atomic E-state index is 0.682. The lowest BCUT2D eigenvalue weighted by Crippen LogP contribution is -2.51. The lowest BCUT2D eigenvalue weighted by Gasteiger charge is -2.40. The molecule has 0 spiro atoms. The topological polar surface area (TPSA) is 21.7 Å². The first-order valence-corrected chi connectivity index (χ1v) is 6.72. The third-order valence-electron chi connectivity index (χ3n) is 3.25. The van der Waals surface area contributed by atoms with Crippen LogP contribution in [0.25, 0.3) is 0 Å². The largest absolute Gasteiger partial charge is 0.341 e. The molecular formula is C16H25NO2. The summed E-state index contributed by atoms with van der Waals surface area (Å²) in [6.45, 7) is 7.45. The van der Waals surface area contributed by atoms with Gasteiger partial charge in [-0.15, -0.1) is 6.58 Å². The molecule has 0 aliphatic carbocycles. The molecule has 0 unspecified atom stereocenters. The molecule has 1 aromatic carbocycles. The Morgan fingerprint density at radius 1 is 1.21 bits per heavy atom. The average molecular weight is 263 g/mol. The predicted molar refractivity (Wildman–Crippen MR) is 78.7 cm³/mol. The van der Waals surface area contributed by atoms with Crippen LogP contribution in [0, 0.1) is 0 Å². The number of hydrogen-bond acceptors (Lipinski definition) is 3. The summed E-state index contributed by atoms with van der Waals surface area (Å²) in [5.74, 6) is -0.682. The van der Waals surface area contributed by atoms with Crippen LogP contribution in [0.1, 0.15) is 25.3 Å². The SMILES string of the molecule is C=CCN(Cc1ccccc1)C(CCC)(OC)OC. The van der Waals surface area contributed by atoms with Crippen LogP contribution in [-0.4, -0.2) is 31.6 Å². The van der Waals surface area contributed by atoms with Crippen molar-refractivity contribution in [3.05, 3.63) is 48.6 Å². The molecule has 106 valence electrons. The number of hydrogen-bond donors (Lipinski definition) is 0. The normalized spacial score (nSPS) is 11.8. The summed E-state index contributed by atoms with van der Waals surface area (Å²) in [5.41, 5.74) is 1.24. The van der Waals surface area contributed by atoms with Gasteiger partial charge in [0.15, 0.2) is 0 Å². The number of ether oxygens (including phenoxy) is 2. The van der Waals surface area contributed by atoms with Crippen molar-refractivity contribution in [2.45, 2.75) is 32.2 Å². The first-order chi connectivity index (χ1) is 9.22. The summed E-state index contributed by atoms with van der Waals surface area (Å²) in [6, 6.07) is 10.3. The highest BCUT2D eigenvalue weighted by atomic mass is 16.7. The van der Waals surface area contributed by atoms with E-state index in [9.17, 15) is 0 Å². The van der Waals surface area contributed by atoms with Gasteiger partial charge in [0.1, 0.15) is 0 Å². The summed E-state index contributed by atoms with van der Waals surface area (Å²) < 4.78 is 11.3. The predicted octanol–water partition coefficient (Wildman–Crippen LogP) is 3.42. The van der Waals surface area contributed by atoms with Crippen LogP contribution in [0.15, 0.2) is 43.0 Å². The maximum Gasteiger partial charge on any atom is 0.229 e. The van der Waals surface area contributed by atoms with Gasteiger partial charge in [-0.2, -0.15) is 0 Å². The zero-order valence-electron chi connectivity index (χ0n) is 12.3. The third kappa shape index (κ3) is 4.16. The second kappa shape index (κ2) is 8.10. The van der Waals surface area contributed by atoms with Crippen molar-refractivity contribution in [3.8, 4) is 0 Å². The van der Waals surface area contributed by atoms with Crippen LogP contribution in [0.5, 0.6) is 0 Å². The molecule has 19 heavy (non-hydrogen) atoms. The van der Waals surface area contributed by atoms with Gasteiger partial charge >= 0.3 is 0 Å². The Morgan fingerprint density at radius 3 is 2.32 bits per heavy atom. The van der Waals surface area contributed by atoms with Crippen molar-refractivity contribution in [2.24, 2.45) is 0 Å². The Labute approximate surface area is 116 Å². The molecule has 0 fully saturated rings. The van der Waals surface area contributed by atoms with E-state index in [2.05, 4.69) is 30.5 Å². The third-order valence-corrected chi connectivity index (χ3v) is 3.25. The molecule has 0 N–H and O–H groups in total. The molecule has 0 atom stereocenters. The molecule has 0 saturated heterocycles. The Kier molecular flexibility index (Phi) is 6.78. The number of benzene rings is 1. The van der Waals surface area contributed by atoms with Crippen LogP contribution in [0.4, 0.5) is 0 Å². The van der Waals surface area contributed by atoms with Crippen LogP contribution in [0.3, 0.4) is 0 Å². The van der Waals surface area contributed by atoms with Crippen LogP contribution >= 0.6 is 0 Å². The monoisotopic (exact) mass is 263 g/mol. The summed E-state index contributed by atoms with van der Waals surface area (Å²) in [5, 5.41) is 0. The average Bonchev–Trinajstić information content (AvgIpc) is 2.46. The van der Waals surface area contributed by atoms with Crippen molar-refractivity contribution in [1.29, 1.82) is 0 Å². The highest BCUT2D eigenvalue weighted by molar-refractivity contribution is 5.14. The first-order valence-electron chi connectivity index (χ1n) is 6.72. The molecule has 3 nitrogen and oxygen atoms in total. The maximum atomic E-state index is 5.67. The second-order valence-electron chi connectivity index (χ2n) is 4.53. The van der Waals surface area contributed by atoms with Gasteiger partial charge in [-0.25, -0.2) is 4.90 Å². The maximum absolute atomic E-state index is 5.67. The van der Waals surface area contributed by atoms with E-state index in [0.717, 1.165) is 25.9 Å². The fraction of sp³-hybridized carbons (Fsp3) is 0.500. The fourth-order valence-electron chi connectivity index (χ4n) is 2.30. The van der Waals surface area contributed by atoms with Crippen molar-refractivity contribution in [3.63, 3.8) is 0 Å². The Bertz CT molecular complexity index is 360. The second-order valence-corrected chi connectivity index (χ2v) is 4.53. The molecule has 0 saturated carbocycles. The molecule has 0 aromatic heterocycles. The van der Waals surface area contributed by atoms with E-state index < -0.39 is 5.91 Å². The Balaban J connectivity index is 2.93. The van der Waals surface area contributed by atoms with Gasteiger partial charge in [0.2, 0.25) is 5.91 Å². The standard InChI is InChI=1S/C16H25NO2/c1-5-12-16(18-3,19-4)17(13-6-2)14-15-10-8-7-9-11-15/h6-11H,2,5,12-14H2,1,3-4H3. The van der Waals surface area contributed by atoms with Gasteiger partial charge in [-0.1, -0.05) is 43.3 Å². The minimum Gasteiger partial charge on any atom is -0.341 e. The van der Waals surface area contributed by atoms with Gasteiger partial charge < -0.3 is 9.47 Å². The molecule has 0 bridgehead atoms. The lowest BCUT2D eigenvalue weighted by atomic mass is 10.1. The molecule has 1 aromatic rings. The summed E-state index contributed by atoms with van der Waals surface area (Å²) >= 11 is 0. The zero-order chi connectivity index (χ0) is 14.1. The van der Waals surface area contributed by atoms with Crippen LogP contribution < -0.4 is 0 Å². The molecule has 3 heteroatoms. The van der Waals surface area contributed by atoms with E-state index >= 15 is 0 Å². The van der Waals surface area contributed by atoms with Crippen molar-refractivity contribution >= 4 is 0 Å². The van der Waals surface area contributed by atoms with Gasteiger partial charge in [-0.3, -0.25) is 0 Å². The van der Waals surface area contributed by atoms with Gasteiger partial charge in [0.25, 0.3) is 0 Å². The van der Waals surface area contributed by atoms with Crippen LogP contribution in [0.2, 0.25) is 0 Å². The molecule has 0 aliphatic rings. The van der Waals surface area contributed by atoms with Crippen molar-refractivity contribution in [1.82, 2.24) is 4.90 Å². The van der Waals surface area contributed by atoms with Crippen molar-refractivity contribution in [2.75, 3.05) is 20.8 Å². The number of nitrogens with zero attached hydrogens (tertiary/aromatic N) is 1. The van der Waals surface area contributed by atoms with E-state index in [1.54, 1.807) is 14.2 Å². The summed E-state index contributed by atoms with van der Waals surface area (Å²) in [4.78, 5) is 2.17. The molecule has 1 rings (SSSR count). The first kappa shape index (κ1) is 15.9. The highest BCUT2D eigenvalue weighted by Gasteiger charge is 2.35. The molecule has 0 amide bonds. The Hall–Kier alpha value is -1.16. The van der Waals surface area contributed by atoms with E-state index in [1.165, 1.54) is 5.56 Å². The number of methoxy groups -OCH3 is 2. The number of rotatable bonds is 9. The molecule has 0 aliphatic heterocycles. The molecular weight excluding hydrogens is 238 g/mol. The fourth-order valence-corrected chi connectivity index (χ4v) is 2.30. The van der Waals surface area contributed by atoms with Gasteiger partial charge in [0.05, 0.1) is 0 Å². The van der Waals surface area contributed by atoms with E-state index in [-0.39, 0.29) is 0 Å². The van der Waals surface area contributed by atoms with Crippen molar-refractivity contribution < 1.29 is 9.47 Å². The quantitative estimate of drug-likeness (QED) is 0.503. The minimum atomic E-state index is -0.682. The van der Waals surface area contributed by atoms with Gasteiger partial charge in [0, 0.05) is 33.7 Å². The lowest BCUT2D eigenvalue weighted by molar-refractivity contribution is -0.300. The smallest absolute Gasteiger partial charge is 0.229 e. The Morgan fingerprint density at radius 2 is 1.84 bits per heavy atom. The van der Waals surface area contributed by atoms with Crippen LogP contribution in [-0.2, 0) is 16.0 Å². The van der Waals surface area contributed by atoms with E-state index in [1.807, 2.05) is 24.3 Å². The van der Waals surface area contributed by atoms with E-state index in [4.69, 9.17) is 9.47 Å². The zero-order valence-corrected chi connectivity index (χ0v) is 12.3. The van der Waals surface area contributed by atoms with Gasteiger partial charge in [-0.05, 0) is 12.0 Å². The highest BCUT2D eigenvalue weighted by Crippen LogP contribution is 2.25. The van der Waals surface area contributed by atoms with E-state index in [0.29, 0.717) is 0 Å². The summed E-state index contributed by atoms with van der Waals surface area (Å²) in [7, 11) is 3.39. The molecule has 0 heterocycles. The summed E-state index contributed by atoms with van der Waals surface area (Å²) in [6.07, 6.45) is 3.69. The molecule has 0 radical (unpaired) electrons.